The molecule has 1 aliphatic heterocycles. The number of hydrogen-bond donors (Lipinski definition) is 0. The second-order valence-corrected chi connectivity index (χ2v) is 6.83. The van der Waals surface area contributed by atoms with Crippen molar-refractivity contribution >= 4 is 5.91 Å². The molecule has 2 aromatic rings. The SMILES string of the molecule is CCN(Cc1ccccc1)C1CCC(=O)N(Cc2ccccc2)CC1. The Labute approximate surface area is 151 Å². The van der Waals surface area contributed by atoms with Gasteiger partial charge < -0.3 is 4.90 Å². The van der Waals surface area contributed by atoms with Crippen LogP contribution in [-0.4, -0.2) is 34.8 Å². The fourth-order valence-electron chi connectivity index (χ4n) is 3.68. The van der Waals surface area contributed by atoms with Crippen LogP contribution in [0.5, 0.6) is 0 Å². The molecule has 0 saturated carbocycles. The van der Waals surface area contributed by atoms with Gasteiger partial charge in [0.05, 0.1) is 0 Å². The van der Waals surface area contributed by atoms with Gasteiger partial charge >= 0.3 is 0 Å². The van der Waals surface area contributed by atoms with Gasteiger partial charge in [-0.05, 0) is 30.5 Å². The van der Waals surface area contributed by atoms with E-state index in [4.69, 9.17) is 0 Å². The average molecular weight is 336 g/mol. The molecule has 0 spiro atoms. The summed E-state index contributed by atoms with van der Waals surface area (Å²) < 4.78 is 0. The van der Waals surface area contributed by atoms with Crippen molar-refractivity contribution in [2.24, 2.45) is 0 Å². The minimum atomic E-state index is 0.294. The van der Waals surface area contributed by atoms with E-state index in [2.05, 4.69) is 54.3 Å². The molecule has 1 heterocycles. The number of amides is 1. The normalized spacial score (nSPS) is 18.4. The van der Waals surface area contributed by atoms with Crippen LogP contribution in [0.2, 0.25) is 0 Å². The van der Waals surface area contributed by atoms with Crippen LogP contribution in [0.25, 0.3) is 0 Å². The minimum absolute atomic E-state index is 0.294. The summed E-state index contributed by atoms with van der Waals surface area (Å²) in [5, 5.41) is 0. The highest BCUT2D eigenvalue weighted by Crippen LogP contribution is 2.21. The van der Waals surface area contributed by atoms with Crippen molar-refractivity contribution < 1.29 is 4.79 Å². The van der Waals surface area contributed by atoms with E-state index in [-0.39, 0.29) is 0 Å². The van der Waals surface area contributed by atoms with Gasteiger partial charge in [0.15, 0.2) is 0 Å². The highest BCUT2D eigenvalue weighted by molar-refractivity contribution is 5.76. The van der Waals surface area contributed by atoms with E-state index >= 15 is 0 Å². The Hall–Kier alpha value is -2.13. The van der Waals surface area contributed by atoms with E-state index in [1.165, 1.54) is 11.1 Å². The van der Waals surface area contributed by atoms with Gasteiger partial charge in [-0.25, -0.2) is 0 Å². The first-order valence-corrected chi connectivity index (χ1v) is 9.36. The molecule has 1 unspecified atom stereocenters. The predicted octanol–water partition coefficient (Wildman–Crippen LogP) is 4.09. The largest absolute Gasteiger partial charge is 0.338 e. The van der Waals surface area contributed by atoms with Crippen molar-refractivity contribution in [1.29, 1.82) is 0 Å². The standard InChI is InChI=1S/C22H28N2O/c1-2-23(17-19-9-5-3-6-10-19)21-13-14-22(25)24(16-15-21)18-20-11-7-4-8-12-20/h3-12,21H,2,13-18H2,1H3. The van der Waals surface area contributed by atoms with Crippen LogP contribution >= 0.6 is 0 Å². The fraction of sp³-hybridized carbons (Fsp3) is 0.409. The second kappa shape index (κ2) is 8.82. The van der Waals surface area contributed by atoms with Gasteiger partial charge in [-0.15, -0.1) is 0 Å². The summed E-state index contributed by atoms with van der Waals surface area (Å²) in [5.41, 5.74) is 2.56. The molecule has 0 N–H and O–H groups in total. The quantitative estimate of drug-likeness (QED) is 0.793. The molecule has 25 heavy (non-hydrogen) atoms. The Kier molecular flexibility index (Phi) is 6.24. The lowest BCUT2D eigenvalue weighted by Crippen LogP contribution is -2.35. The van der Waals surface area contributed by atoms with Gasteiger partial charge in [0.2, 0.25) is 5.91 Å². The lowest BCUT2D eigenvalue weighted by molar-refractivity contribution is -0.131. The zero-order valence-corrected chi connectivity index (χ0v) is 15.1. The van der Waals surface area contributed by atoms with Gasteiger partial charge in [0.1, 0.15) is 0 Å². The maximum Gasteiger partial charge on any atom is 0.222 e. The van der Waals surface area contributed by atoms with Crippen LogP contribution in [0, 0.1) is 0 Å². The summed E-state index contributed by atoms with van der Waals surface area (Å²) in [6, 6.07) is 21.4. The molecule has 1 fully saturated rings. The van der Waals surface area contributed by atoms with E-state index in [1.54, 1.807) is 0 Å². The number of hydrogen-bond acceptors (Lipinski definition) is 2. The average Bonchev–Trinajstić information content (AvgIpc) is 2.84. The van der Waals surface area contributed by atoms with Crippen molar-refractivity contribution in [1.82, 2.24) is 9.80 Å². The Morgan fingerprint density at radius 3 is 2.24 bits per heavy atom. The molecule has 0 radical (unpaired) electrons. The Balaban J connectivity index is 1.62. The molecule has 3 heteroatoms. The molecule has 1 aliphatic rings. The van der Waals surface area contributed by atoms with Crippen LogP contribution in [0.3, 0.4) is 0 Å². The van der Waals surface area contributed by atoms with Gasteiger partial charge in [-0.1, -0.05) is 67.6 Å². The number of carbonyl (C=O) groups is 1. The third-order valence-electron chi connectivity index (χ3n) is 5.14. The van der Waals surface area contributed by atoms with Gasteiger partial charge in [0.25, 0.3) is 0 Å². The molecule has 132 valence electrons. The molecule has 0 bridgehead atoms. The third-order valence-corrected chi connectivity index (χ3v) is 5.14. The van der Waals surface area contributed by atoms with Crippen molar-refractivity contribution in [3.05, 3.63) is 71.8 Å². The molecule has 0 aliphatic carbocycles. The lowest BCUT2D eigenvalue weighted by Gasteiger charge is -2.30. The van der Waals surface area contributed by atoms with Crippen molar-refractivity contribution in [2.45, 2.75) is 45.3 Å². The third kappa shape index (κ3) is 4.93. The van der Waals surface area contributed by atoms with Gasteiger partial charge in [-0.2, -0.15) is 0 Å². The van der Waals surface area contributed by atoms with Crippen LogP contribution < -0.4 is 0 Å². The molecule has 3 nitrogen and oxygen atoms in total. The molecule has 1 amide bonds. The lowest BCUT2D eigenvalue weighted by atomic mass is 10.1. The molecule has 3 rings (SSSR count). The molecule has 1 saturated heterocycles. The first-order valence-electron chi connectivity index (χ1n) is 9.36. The molecule has 0 aromatic heterocycles. The van der Waals surface area contributed by atoms with E-state index in [1.807, 2.05) is 23.1 Å². The number of likely N-dealkylation sites (tertiary alicyclic amines) is 1. The number of benzene rings is 2. The van der Waals surface area contributed by atoms with E-state index in [0.29, 0.717) is 18.4 Å². The number of nitrogens with zero attached hydrogens (tertiary/aromatic N) is 2. The zero-order chi connectivity index (χ0) is 17.5. The summed E-state index contributed by atoms with van der Waals surface area (Å²) in [7, 11) is 0. The summed E-state index contributed by atoms with van der Waals surface area (Å²) in [5.74, 6) is 0.294. The summed E-state index contributed by atoms with van der Waals surface area (Å²) in [6.07, 6.45) is 2.67. The van der Waals surface area contributed by atoms with Crippen LogP contribution in [-0.2, 0) is 17.9 Å². The first kappa shape index (κ1) is 17.7. The Bertz CT molecular complexity index is 656. The van der Waals surface area contributed by atoms with Crippen LogP contribution in [0.4, 0.5) is 0 Å². The molecule has 1 atom stereocenters. The summed E-state index contributed by atoms with van der Waals surface area (Å²) in [6.45, 7) is 5.79. The molecular formula is C22H28N2O. The maximum atomic E-state index is 12.5. The van der Waals surface area contributed by atoms with Crippen molar-refractivity contribution in [3.63, 3.8) is 0 Å². The van der Waals surface area contributed by atoms with Crippen molar-refractivity contribution in [2.75, 3.05) is 13.1 Å². The highest BCUT2D eigenvalue weighted by atomic mass is 16.2. The smallest absolute Gasteiger partial charge is 0.222 e. The Morgan fingerprint density at radius 2 is 1.60 bits per heavy atom. The highest BCUT2D eigenvalue weighted by Gasteiger charge is 2.25. The Morgan fingerprint density at radius 1 is 0.960 bits per heavy atom. The van der Waals surface area contributed by atoms with E-state index in [9.17, 15) is 4.79 Å². The van der Waals surface area contributed by atoms with E-state index in [0.717, 1.165) is 39.0 Å². The monoisotopic (exact) mass is 336 g/mol. The van der Waals surface area contributed by atoms with Crippen molar-refractivity contribution in [3.8, 4) is 0 Å². The zero-order valence-electron chi connectivity index (χ0n) is 15.1. The van der Waals surface area contributed by atoms with Gasteiger partial charge in [0, 0.05) is 32.1 Å². The van der Waals surface area contributed by atoms with E-state index < -0.39 is 0 Å². The summed E-state index contributed by atoms with van der Waals surface area (Å²) in [4.78, 5) is 17.1. The number of carbonyl (C=O) groups excluding carboxylic acids is 1. The molecule has 2 aromatic carbocycles. The fourth-order valence-corrected chi connectivity index (χ4v) is 3.68. The number of rotatable bonds is 6. The molecular weight excluding hydrogens is 308 g/mol. The van der Waals surface area contributed by atoms with Gasteiger partial charge in [-0.3, -0.25) is 9.69 Å². The predicted molar refractivity (Wildman–Crippen MR) is 102 cm³/mol. The van der Waals surface area contributed by atoms with Crippen LogP contribution in [0.1, 0.15) is 37.3 Å². The second-order valence-electron chi connectivity index (χ2n) is 6.83. The first-order chi connectivity index (χ1) is 12.3. The van der Waals surface area contributed by atoms with Crippen LogP contribution in [0.15, 0.2) is 60.7 Å². The summed E-state index contributed by atoms with van der Waals surface area (Å²) >= 11 is 0. The minimum Gasteiger partial charge on any atom is -0.338 e. The maximum absolute atomic E-state index is 12.5. The topological polar surface area (TPSA) is 23.6 Å².